The topological polar surface area (TPSA) is 115 Å². The summed E-state index contributed by atoms with van der Waals surface area (Å²) in [4.78, 5) is 12.6. The molecule has 1 rings (SSSR count). The van der Waals surface area contributed by atoms with E-state index in [0.29, 0.717) is 6.54 Å². The molecule has 1 heterocycles. The van der Waals surface area contributed by atoms with Crippen molar-refractivity contribution < 1.29 is 18.3 Å². The molecule has 1 aromatic rings. The third-order valence-corrected chi connectivity index (χ3v) is 3.39. The highest BCUT2D eigenvalue weighted by atomic mass is 32.2. The second kappa shape index (κ2) is 5.25. The molecule has 0 aliphatic heterocycles. The Balaban J connectivity index is 2.83. The third-order valence-electron chi connectivity index (χ3n) is 1.95. The van der Waals surface area contributed by atoms with E-state index in [1.807, 2.05) is 0 Å². The number of nitrogens with one attached hydrogen (secondary N) is 2. The lowest BCUT2D eigenvalue weighted by Crippen LogP contribution is -2.32. The zero-order valence-electron chi connectivity index (χ0n) is 9.47. The third kappa shape index (κ3) is 3.51. The number of nitrogens with zero attached hydrogens (tertiary/aromatic N) is 2. The molecular weight excluding hydrogens is 248 g/mol. The van der Waals surface area contributed by atoms with E-state index in [9.17, 15) is 13.2 Å². The van der Waals surface area contributed by atoms with Gasteiger partial charge in [-0.05, 0) is 14.1 Å². The normalized spacial score (nSPS) is 11.9. The van der Waals surface area contributed by atoms with Gasteiger partial charge < -0.3 is 10.0 Å². The monoisotopic (exact) mass is 262 g/mol. The first kappa shape index (κ1) is 13.6. The van der Waals surface area contributed by atoms with Crippen LogP contribution in [0, 0.1) is 0 Å². The molecule has 0 amide bonds. The molecule has 17 heavy (non-hydrogen) atoms. The Kier molecular flexibility index (Phi) is 4.21. The predicted molar refractivity (Wildman–Crippen MR) is 59.3 cm³/mol. The molecule has 0 fully saturated rings. The second-order valence-corrected chi connectivity index (χ2v) is 5.32. The molecule has 0 saturated carbocycles. The quantitative estimate of drug-likeness (QED) is 0.602. The van der Waals surface area contributed by atoms with E-state index in [2.05, 4.69) is 14.9 Å². The largest absolute Gasteiger partial charge is 0.478 e. The van der Waals surface area contributed by atoms with Crippen molar-refractivity contribution in [2.75, 3.05) is 27.2 Å². The Hall–Kier alpha value is -1.45. The molecule has 96 valence electrons. The molecule has 8 nitrogen and oxygen atoms in total. The van der Waals surface area contributed by atoms with Crippen molar-refractivity contribution in [3.8, 4) is 0 Å². The Labute approximate surface area is 98.7 Å². The highest BCUT2D eigenvalue weighted by Gasteiger charge is 2.24. The van der Waals surface area contributed by atoms with Crippen LogP contribution in [0.2, 0.25) is 0 Å². The Morgan fingerprint density at radius 3 is 2.76 bits per heavy atom. The van der Waals surface area contributed by atoms with Gasteiger partial charge in [-0.15, -0.1) is 0 Å². The minimum atomic E-state index is -3.86. The maximum Gasteiger partial charge on any atom is 0.340 e. The first-order chi connectivity index (χ1) is 7.84. The van der Waals surface area contributed by atoms with Gasteiger partial charge in [0.2, 0.25) is 0 Å². The standard InChI is InChI=1S/C8H14N4O4S/c1-12(2)4-3-10-17(15,16)7-6(8(13)14)5-9-11-7/h5,10H,3-4H2,1-2H3,(H,9,11)(H,13,14). The number of hydrogen-bond acceptors (Lipinski definition) is 5. The molecule has 0 atom stereocenters. The van der Waals surface area contributed by atoms with E-state index >= 15 is 0 Å². The number of carboxylic acids is 1. The van der Waals surface area contributed by atoms with Crippen LogP contribution in [0.5, 0.6) is 0 Å². The highest BCUT2D eigenvalue weighted by molar-refractivity contribution is 7.89. The molecule has 9 heteroatoms. The van der Waals surface area contributed by atoms with E-state index in [1.54, 1.807) is 19.0 Å². The minimum Gasteiger partial charge on any atom is -0.478 e. The molecule has 0 saturated heterocycles. The Bertz CT molecular complexity index is 493. The number of aromatic nitrogens is 2. The van der Waals surface area contributed by atoms with Crippen molar-refractivity contribution in [1.29, 1.82) is 0 Å². The number of H-pyrrole nitrogens is 1. The van der Waals surface area contributed by atoms with Crippen molar-refractivity contribution in [2.45, 2.75) is 5.03 Å². The van der Waals surface area contributed by atoms with E-state index in [-0.39, 0.29) is 12.1 Å². The number of likely N-dealkylation sites (N-methyl/N-ethyl adjacent to an activating group) is 1. The molecule has 1 aromatic heterocycles. The van der Waals surface area contributed by atoms with Gasteiger partial charge in [0, 0.05) is 13.1 Å². The van der Waals surface area contributed by atoms with Crippen LogP contribution in [0.25, 0.3) is 0 Å². The van der Waals surface area contributed by atoms with Crippen LogP contribution < -0.4 is 4.72 Å². The van der Waals surface area contributed by atoms with Crippen LogP contribution in [-0.4, -0.2) is 61.8 Å². The summed E-state index contributed by atoms with van der Waals surface area (Å²) in [6.45, 7) is 0.698. The maximum absolute atomic E-state index is 11.7. The smallest absolute Gasteiger partial charge is 0.340 e. The van der Waals surface area contributed by atoms with Crippen LogP contribution in [0.1, 0.15) is 10.4 Å². The Morgan fingerprint density at radius 2 is 2.24 bits per heavy atom. The fourth-order valence-electron chi connectivity index (χ4n) is 1.11. The summed E-state index contributed by atoms with van der Waals surface area (Å²) >= 11 is 0. The van der Waals surface area contributed by atoms with Crippen LogP contribution in [0.4, 0.5) is 0 Å². The average molecular weight is 262 g/mol. The van der Waals surface area contributed by atoms with Gasteiger partial charge >= 0.3 is 5.97 Å². The molecule has 0 bridgehead atoms. The van der Waals surface area contributed by atoms with Crippen molar-refractivity contribution in [1.82, 2.24) is 19.8 Å². The van der Waals surface area contributed by atoms with Gasteiger partial charge in [0.1, 0.15) is 5.56 Å². The van der Waals surface area contributed by atoms with Crippen LogP contribution in [0.15, 0.2) is 11.2 Å². The summed E-state index contributed by atoms with van der Waals surface area (Å²) in [5.74, 6) is -1.34. The summed E-state index contributed by atoms with van der Waals surface area (Å²) in [6, 6.07) is 0. The number of rotatable bonds is 6. The van der Waals surface area contributed by atoms with Gasteiger partial charge in [0.25, 0.3) is 10.0 Å². The molecule has 0 unspecified atom stereocenters. The van der Waals surface area contributed by atoms with E-state index in [4.69, 9.17) is 5.11 Å². The van der Waals surface area contributed by atoms with E-state index in [1.165, 1.54) is 0 Å². The summed E-state index contributed by atoms with van der Waals surface area (Å²) < 4.78 is 25.8. The van der Waals surface area contributed by atoms with Crippen molar-refractivity contribution >= 4 is 16.0 Å². The number of carboxylic acid groups (broad SMARTS) is 1. The average Bonchev–Trinajstić information content (AvgIpc) is 2.65. The first-order valence-corrected chi connectivity index (χ1v) is 6.24. The van der Waals surface area contributed by atoms with Crippen molar-refractivity contribution in [2.24, 2.45) is 0 Å². The highest BCUT2D eigenvalue weighted by Crippen LogP contribution is 2.10. The number of hydrogen-bond donors (Lipinski definition) is 3. The fraction of sp³-hybridized carbons (Fsp3) is 0.500. The molecule has 0 aliphatic rings. The summed E-state index contributed by atoms with van der Waals surface area (Å²) in [5, 5.41) is 13.9. The number of aromatic carboxylic acids is 1. The molecule has 3 N–H and O–H groups in total. The van der Waals surface area contributed by atoms with Gasteiger partial charge in [-0.1, -0.05) is 0 Å². The molecular formula is C8H14N4O4S. The van der Waals surface area contributed by atoms with Crippen LogP contribution >= 0.6 is 0 Å². The van der Waals surface area contributed by atoms with Crippen molar-refractivity contribution in [3.63, 3.8) is 0 Å². The molecule has 0 radical (unpaired) electrons. The zero-order chi connectivity index (χ0) is 13.1. The SMILES string of the molecule is CN(C)CCNS(=O)(=O)c1[nH]ncc1C(=O)O. The molecule has 0 aromatic carbocycles. The summed E-state index contributed by atoms with van der Waals surface area (Å²) in [7, 11) is -0.266. The fourth-order valence-corrected chi connectivity index (χ4v) is 2.21. The first-order valence-electron chi connectivity index (χ1n) is 4.75. The lowest BCUT2D eigenvalue weighted by molar-refractivity contribution is 0.0692. The van der Waals surface area contributed by atoms with E-state index in [0.717, 1.165) is 6.20 Å². The zero-order valence-corrected chi connectivity index (χ0v) is 10.3. The van der Waals surface area contributed by atoms with Gasteiger partial charge in [-0.2, -0.15) is 5.10 Å². The van der Waals surface area contributed by atoms with Gasteiger partial charge in [-0.25, -0.2) is 17.9 Å². The minimum absolute atomic E-state index is 0.188. The number of aromatic amines is 1. The van der Waals surface area contributed by atoms with Gasteiger partial charge in [-0.3, -0.25) is 5.10 Å². The lowest BCUT2D eigenvalue weighted by atomic mass is 10.4. The molecule has 0 spiro atoms. The van der Waals surface area contributed by atoms with Crippen LogP contribution in [0.3, 0.4) is 0 Å². The number of sulfonamides is 1. The second-order valence-electron chi connectivity index (χ2n) is 3.62. The van der Waals surface area contributed by atoms with Crippen molar-refractivity contribution in [3.05, 3.63) is 11.8 Å². The number of carbonyl (C=O) groups is 1. The summed E-state index contributed by atoms with van der Waals surface area (Å²) in [6.07, 6.45) is 0.961. The molecule has 0 aliphatic carbocycles. The predicted octanol–water partition coefficient (Wildman–Crippen LogP) is -1.05. The van der Waals surface area contributed by atoms with Gasteiger partial charge in [0.15, 0.2) is 5.03 Å². The van der Waals surface area contributed by atoms with Crippen LogP contribution in [-0.2, 0) is 10.0 Å². The van der Waals surface area contributed by atoms with Gasteiger partial charge in [0.05, 0.1) is 6.20 Å². The Morgan fingerprint density at radius 1 is 1.59 bits per heavy atom. The maximum atomic E-state index is 11.7. The lowest BCUT2D eigenvalue weighted by Gasteiger charge is -2.10. The van der Waals surface area contributed by atoms with E-state index < -0.39 is 21.0 Å². The summed E-state index contributed by atoms with van der Waals surface area (Å²) in [5.41, 5.74) is -0.373.